The number of carbonyl (C=O) groups excluding carboxylic acids is 4. The Hall–Kier alpha value is -6.31. The third-order valence-electron chi connectivity index (χ3n) is 7.95. The number of hydrogen-bond acceptors (Lipinski definition) is 10. The van der Waals surface area contributed by atoms with E-state index in [0.29, 0.717) is 11.1 Å². The van der Waals surface area contributed by atoms with Gasteiger partial charge in [-0.05, 0) is 42.0 Å². The van der Waals surface area contributed by atoms with Crippen LogP contribution in [0, 0.1) is 10.1 Å². The minimum Gasteiger partial charge on any atom is -0.398 e. The molecule has 0 unspecified atom stereocenters. The van der Waals surface area contributed by atoms with Crippen molar-refractivity contribution in [3.05, 3.63) is 163 Å². The molecule has 0 radical (unpaired) electrons. The predicted molar refractivity (Wildman–Crippen MR) is 175 cm³/mol. The summed E-state index contributed by atoms with van der Waals surface area (Å²) in [5.41, 5.74) is 12.7. The van der Waals surface area contributed by atoms with E-state index in [1.54, 1.807) is 24.3 Å². The molecule has 13 heteroatoms. The van der Waals surface area contributed by atoms with Gasteiger partial charge in [-0.25, -0.2) is 13.1 Å². The fourth-order valence-corrected chi connectivity index (χ4v) is 6.65. The van der Waals surface area contributed by atoms with Gasteiger partial charge in [-0.15, -0.1) is 0 Å². The Morgan fingerprint density at radius 2 is 1.12 bits per heavy atom. The van der Waals surface area contributed by atoms with E-state index < -0.39 is 32.2 Å². The van der Waals surface area contributed by atoms with Crippen molar-refractivity contribution in [3.63, 3.8) is 0 Å². The number of sulfonamides is 1. The molecule has 5 aromatic carbocycles. The first kappa shape index (κ1) is 31.7. The minimum atomic E-state index is -3.82. The van der Waals surface area contributed by atoms with Gasteiger partial charge in [-0.3, -0.25) is 29.3 Å². The van der Waals surface area contributed by atoms with Crippen molar-refractivity contribution in [2.45, 2.75) is 11.4 Å². The average Bonchev–Trinajstić information content (AvgIpc) is 3.09. The first-order valence-electron chi connectivity index (χ1n) is 14.3. The molecule has 0 aromatic heterocycles. The van der Waals surface area contributed by atoms with Crippen molar-refractivity contribution in [1.82, 2.24) is 4.72 Å². The van der Waals surface area contributed by atoms with E-state index in [9.17, 15) is 37.7 Å². The average molecular weight is 661 g/mol. The highest BCUT2D eigenvalue weighted by atomic mass is 32.2. The molecule has 0 spiro atoms. The van der Waals surface area contributed by atoms with Crippen LogP contribution >= 0.6 is 0 Å². The molecule has 0 heterocycles. The van der Waals surface area contributed by atoms with Gasteiger partial charge in [0.1, 0.15) is 5.56 Å². The number of nitrogen functional groups attached to an aromatic ring is 2. The molecule has 0 aliphatic heterocycles. The number of nitrogens with one attached hydrogen (secondary N) is 1. The standard InChI is InChI=1S/C21H15NO4S.C14H9N3O4/c23-20-16-8-4-5-9-17(16)21(24)19-12-15(10-11-18(19)20)27(25,26)22-13-14-6-2-1-3-7-14;15-7-4-5-8(16)12-11(7)13(18)6-2-1-3-9(17(20)21)10(6)14(12)19/h1-12,22H,13H2;1-5H,15-16H2. The molecule has 2 aliphatic carbocycles. The molecule has 48 heavy (non-hydrogen) atoms. The number of nitrogens with two attached hydrogens (primary N) is 2. The highest BCUT2D eigenvalue weighted by Crippen LogP contribution is 2.37. The van der Waals surface area contributed by atoms with E-state index in [1.165, 1.54) is 48.5 Å². The van der Waals surface area contributed by atoms with Crippen LogP contribution in [0.3, 0.4) is 0 Å². The maximum absolute atomic E-state index is 12.7. The number of benzene rings is 5. The number of fused-ring (bicyclic) bond motifs is 4. The van der Waals surface area contributed by atoms with Crippen molar-refractivity contribution in [2.24, 2.45) is 0 Å². The summed E-state index contributed by atoms with van der Waals surface area (Å²) in [7, 11) is -3.82. The van der Waals surface area contributed by atoms with E-state index in [4.69, 9.17) is 11.5 Å². The summed E-state index contributed by atoms with van der Waals surface area (Å²) in [4.78, 5) is 60.7. The molecule has 0 fully saturated rings. The molecule has 238 valence electrons. The molecule has 0 saturated heterocycles. The molecule has 0 amide bonds. The van der Waals surface area contributed by atoms with Crippen molar-refractivity contribution in [1.29, 1.82) is 0 Å². The van der Waals surface area contributed by atoms with Crippen LogP contribution in [-0.2, 0) is 16.6 Å². The smallest absolute Gasteiger partial charge is 0.281 e. The van der Waals surface area contributed by atoms with E-state index in [1.807, 2.05) is 30.3 Å². The van der Waals surface area contributed by atoms with Gasteiger partial charge in [0.05, 0.1) is 20.9 Å². The van der Waals surface area contributed by atoms with Gasteiger partial charge >= 0.3 is 0 Å². The Balaban J connectivity index is 0.000000173. The third-order valence-corrected chi connectivity index (χ3v) is 9.35. The summed E-state index contributed by atoms with van der Waals surface area (Å²) in [6, 6.07) is 26.4. The number of anilines is 2. The van der Waals surface area contributed by atoms with Gasteiger partial charge in [0.15, 0.2) is 17.3 Å². The summed E-state index contributed by atoms with van der Waals surface area (Å²) in [5.74, 6) is -1.81. The zero-order valence-corrected chi connectivity index (χ0v) is 25.6. The Morgan fingerprint density at radius 1 is 0.583 bits per heavy atom. The van der Waals surface area contributed by atoms with Crippen LogP contribution in [0.4, 0.5) is 17.1 Å². The van der Waals surface area contributed by atoms with Crippen LogP contribution in [0.1, 0.15) is 69.2 Å². The molecule has 0 atom stereocenters. The summed E-state index contributed by atoms with van der Waals surface area (Å²) in [6.45, 7) is 0.135. The summed E-state index contributed by atoms with van der Waals surface area (Å²) < 4.78 is 27.8. The first-order valence-corrected chi connectivity index (χ1v) is 15.8. The predicted octanol–water partition coefficient (Wildman–Crippen LogP) is 4.48. The molecule has 5 aromatic rings. The minimum absolute atomic E-state index is 0.00741. The van der Waals surface area contributed by atoms with Crippen LogP contribution in [0.25, 0.3) is 0 Å². The van der Waals surface area contributed by atoms with Crippen LogP contribution in [0.5, 0.6) is 0 Å². The van der Waals surface area contributed by atoms with Gasteiger partial charge in [0.25, 0.3) is 5.69 Å². The number of nitrogens with zero attached hydrogens (tertiary/aromatic N) is 1. The fourth-order valence-electron chi connectivity index (χ4n) is 5.61. The van der Waals surface area contributed by atoms with Gasteiger partial charge in [-0.2, -0.15) is 0 Å². The molecule has 2 aliphatic rings. The highest BCUT2D eigenvalue weighted by molar-refractivity contribution is 7.89. The van der Waals surface area contributed by atoms with Crippen molar-refractivity contribution < 1.29 is 32.5 Å². The van der Waals surface area contributed by atoms with Crippen LogP contribution in [0.2, 0.25) is 0 Å². The number of nitro groups is 1. The number of rotatable bonds is 5. The summed E-state index contributed by atoms with van der Waals surface area (Å²) in [5, 5.41) is 11.1. The van der Waals surface area contributed by atoms with Crippen molar-refractivity contribution in [3.8, 4) is 0 Å². The Kier molecular flexibility index (Phi) is 8.00. The lowest BCUT2D eigenvalue weighted by Crippen LogP contribution is -2.25. The van der Waals surface area contributed by atoms with E-state index in [-0.39, 0.29) is 67.8 Å². The van der Waals surface area contributed by atoms with E-state index in [0.717, 1.165) is 5.56 Å². The lowest BCUT2D eigenvalue weighted by molar-refractivity contribution is -0.385. The lowest BCUT2D eigenvalue weighted by Gasteiger charge is -2.20. The second-order valence-electron chi connectivity index (χ2n) is 10.8. The molecule has 0 bridgehead atoms. The number of ketones is 4. The lowest BCUT2D eigenvalue weighted by atomic mass is 9.81. The Labute approximate surface area is 273 Å². The second-order valence-corrected chi connectivity index (χ2v) is 12.6. The van der Waals surface area contributed by atoms with Crippen molar-refractivity contribution in [2.75, 3.05) is 11.5 Å². The SMILES string of the molecule is Nc1ccc(N)c2c1C(=O)c1cccc([N+](=O)[O-])c1C2=O.O=C1c2ccccc2C(=O)c2cc(S(=O)(=O)NCc3ccccc3)ccc21. The molecule has 5 N–H and O–H groups in total. The van der Waals surface area contributed by atoms with E-state index >= 15 is 0 Å². The van der Waals surface area contributed by atoms with Crippen LogP contribution in [-0.4, -0.2) is 36.5 Å². The molecule has 7 rings (SSSR count). The third kappa shape index (κ3) is 5.42. The maximum atomic E-state index is 12.7. The maximum Gasteiger partial charge on any atom is 0.281 e. The zero-order valence-electron chi connectivity index (χ0n) is 24.8. The first-order chi connectivity index (χ1) is 22.9. The second kappa shape index (κ2) is 12.1. The fraction of sp³-hybridized carbons (Fsp3) is 0.0286. The van der Waals surface area contributed by atoms with Gasteiger partial charge in [0.2, 0.25) is 15.8 Å². The normalized spacial score (nSPS) is 13.0. The molecular weight excluding hydrogens is 636 g/mol. The highest BCUT2D eigenvalue weighted by Gasteiger charge is 2.38. The monoisotopic (exact) mass is 660 g/mol. The number of carbonyl (C=O) groups is 4. The Morgan fingerprint density at radius 3 is 1.75 bits per heavy atom. The zero-order chi connectivity index (χ0) is 34.3. The van der Waals surface area contributed by atoms with E-state index in [2.05, 4.69) is 4.72 Å². The van der Waals surface area contributed by atoms with Gasteiger partial charge < -0.3 is 11.5 Å². The number of hydrogen-bond donors (Lipinski definition) is 3. The van der Waals surface area contributed by atoms with Gasteiger partial charge in [0, 0.05) is 51.8 Å². The summed E-state index contributed by atoms with van der Waals surface area (Å²) in [6.07, 6.45) is 0. The van der Waals surface area contributed by atoms with Crippen LogP contribution < -0.4 is 16.2 Å². The quantitative estimate of drug-likeness (QED) is 0.134. The summed E-state index contributed by atoms with van der Waals surface area (Å²) >= 11 is 0. The topological polar surface area (TPSA) is 210 Å². The van der Waals surface area contributed by atoms with Crippen LogP contribution in [0.15, 0.2) is 108 Å². The molecule has 12 nitrogen and oxygen atoms in total. The Bertz CT molecular complexity index is 2340. The van der Waals surface area contributed by atoms with Gasteiger partial charge in [-0.1, -0.05) is 60.7 Å². The molecule has 0 saturated carbocycles. The molecular formula is C35H24N4O8S. The largest absolute Gasteiger partial charge is 0.398 e. The van der Waals surface area contributed by atoms with Crippen molar-refractivity contribution >= 4 is 50.2 Å². The number of nitro benzene ring substituents is 1.